The molecule has 3 aliphatic heterocycles. The van der Waals surface area contributed by atoms with Gasteiger partial charge in [-0.25, -0.2) is 0 Å². The average molecular weight is 459 g/mol. The van der Waals surface area contributed by atoms with Gasteiger partial charge in [-0.1, -0.05) is 11.6 Å². The number of Topliss-reactive ketones (excluding diaryl/α,β-unsaturated/α-hetero) is 1. The van der Waals surface area contributed by atoms with E-state index in [2.05, 4.69) is 0 Å². The van der Waals surface area contributed by atoms with Crippen LogP contribution in [0.3, 0.4) is 0 Å². The summed E-state index contributed by atoms with van der Waals surface area (Å²) in [5.41, 5.74) is 1.31. The number of carbonyl (C=O) groups is 2. The number of amides is 1. The number of nitrogens with zero attached hydrogens (tertiary/aromatic N) is 4. The van der Waals surface area contributed by atoms with E-state index in [0.29, 0.717) is 72.9 Å². The molecule has 166 valence electrons. The molecule has 0 unspecified atom stereocenters. The summed E-state index contributed by atoms with van der Waals surface area (Å²) in [5, 5.41) is 11.7. The van der Waals surface area contributed by atoms with Crippen LogP contribution in [-0.2, 0) is 4.79 Å². The summed E-state index contributed by atoms with van der Waals surface area (Å²) in [7, 11) is 0. The molecule has 0 N–H and O–H groups in total. The molecular formula is C21H19ClN4O6. The molecule has 2 aromatic rings. The number of nitro groups is 1. The molecule has 0 aliphatic carbocycles. The van der Waals surface area contributed by atoms with Crippen LogP contribution in [-0.4, -0.2) is 67.6 Å². The average Bonchev–Trinajstić information content (AvgIpc) is 3.02. The Labute approximate surface area is 188 Å². The number of benzene rings is 2. The van der Waals surface area contributed by atoms with Crippen LogP contribution in [0.5, 0.6) is 11.5 Å². The fourth-order valence-electron chi connectivity index (χ4n) is 4.21. The molecule has 1 saturated heterocycles. The van der Waals surface area contributed by atoms with Gasteiger partial charge in [-0.2, -0.15) is 0 Å². The molecule has 0 saturated carbocycles. The summed E-state index contributed by atoms with van der Waals surface area (Å²) >= 11 is 5.92. The fraction of sp³-hybridized carbons (Fsp3) is 0.333. The van der Waals surface area contributed by atoms with Gasteiger partial charge in [0.25, 0.3) is 11.5 Å². The summed E-state index contributed by atoms with van der Waals surface area (Å²) in [5.74, 6) is -0.163. The first-order chi connectivity index (χ1) is 15.4. The fourth-order valence-corrected chi connectivity index (χ4v) is 4.38. The molecule has 5 rings (SSSR count). The minimum Gasteiger partial charge on any atom is -0.486 e. The molecule has 32 heavy (non-hydrogen) atoms. The first kappa shape index (κ1) is 20.5. The number of piperazine rings is 1. The van der Waals surface area contributed by atoms with E-state index in [-0.39, 0.29) is 12.4 Å². The summed E-state index contributed by atoms with van der Waals surface area (Å²) in [6, 6.07) is 7.89. The summed E-state index contributed by atoms with van der Waals surface area (Å²) in [6.45, 7) is 3.25. The Kier molecular flexibility index (Phi) is 5.10. The zero-order valence-corrected chi connectivity index (χ0v) is 17.7. The van der Waals surface area contributed by atoms with Crippen molar-refractivity contribution >= 4 is 40.4 Å². The smallest absolute Gasteiger partial charge is 0.300 e. The number of hydrogen-bond acceptors (Lipinski definition) is 8. The lowest BCUT2D eigenvalue weighted by atomic mass is 10.1. The van der Waals surface area contributed by atoms with Gasteiger partial charge in [-0.3, -0.25) is 29.5 Å². The van der Waals surface area contributed by atoms with E-state index in [0.717, 1.165) is 0 Å². The number of rotatable bonds is 4. The number of nitro benzene ring substituents is 1. The minimum atomic E-state index is -0.585. The summed E-state index contributed by atoms with van der Waals surface area (Å²) in [6.07, 6.45) is 0. The second-order valence-corrected chi connectivity index (χ2v) is 8.15. The largest absolute Gasteiger partial charge is 0.486 e. The van der Waals surface area contributed by atoms with Crippen molar-refractivity contribution in [2.24, 2.45) is 0 Å². The van der Waals surface area contributed by atoms with Gasteiger partial charge >= 0.3 is 5.91 Å². The number of carbonyl (C=O) groups excluding carboxylic acids is 2. The predicted molar refractivity (Wildman–Crippen MR) is 116 cm³/mol. The molecule has 0 bridgehead atoms. The van der Waals surface area contributed by atoms with E-state index in [1.807, 2.05) is 9.80 Å². The van der Waals surface area contributed by atoms with Crippen molar-refractivity contribution in [3.63, 3.8) is 0 Å². The highest BCUT2D eigenvalue weighted by atomic mass is 35.5. The third-order valence-corrected chi connectivity index (χ3v) is 6.06. The van der Waals surface area contributed by atoms with E-state index in [1.54, 1.807) is 24.3 Å². The van der Waals surface area contributed by atoms with Crippen molar-refractivity contribution in [3.8, 4) is 11.5 Å². The van der Waals surface area contributed by atoms with E-state index in [4.69, 9.17) is 21.1 Å². The van der Waals surface area contributed by atoms with Crippen molar-refractivity contribution in [2.75, 3.05) is 55.9 Å². The van der Waals surface area contributed by atoms with Crippen LogP contribution in [0, 0.1) is 10.1 Å². The van der Waals surface area contributed by atoms with Gasteiger partial charge in [0.2, 0.25) is 0 Å². The topological polar surface area (TPSA) is 105 Å². The molecule has 10 nitrogen and oxygen atoms in total. The van der Waals surface area contributed by atoms with Gasteiger partial charge in [0.1, 0.15) is 18.9 Å². The van der Waals surface area contributed by atoms with Crippen molar-refractivity contribution in [1.82, 2.24) is 4.90 Å². The van der Waals surface area contributed by atoms with Crippen molar-refractivity contribution in [3.05, 3.63) is 51.0 Å². The molecule has 0 radical (unpaired) electrons. The molecule has 3 aliphatic rings. The summed E-state index contributed by atoms with van der Waals surface area (Å²) in [4.78, 5) is 41.6. The number of fused-ring (bicyclic) bond motifs is 2. The van der Waals surface area contributed by atoms with Gasteiger partial charge in [0.05, 0.1) is 22.8 Å². The quantitative estimate of drug-likeness (QED) is 0.390. The van der Waals surface area contributed by atoms with Gasteiger partial charge in [0.15, 0.2) is 11.5 Å². The third-order valence-electron chi connectivity index (χ3n) is 5.82. The Morgan fingerprint density at radius 3 is 2.34 bits per heavy atom. The maximum absolute atomic E-state index is 12.7. The van der Waals surface area contributed by atoms with Crippen molar-refractivity contribution in [2.45, 2.75) is 0 Å². The second-order valence-electron chi connectivity index (χ2n) is 7.71. The number of ketones is 1. The predicted octanol–water partition coefficient (Wildman–Crippen LogP) is 2.33. The van der Waals surface area contributed by atoms with E-state index in [9.17, 15) is 19.7 Å². The van der Waals surface area contributed by atoms with Crippen LogP contribution >= 0.6 is 11.6 Å². The Balaban J connectivity index is 1.31. The van der Waals surface area contributed by atoms with E-state index < -0.39 is 16.6 Å². The van der Waals surface area contributed by atoms with Crippen molar-refractivity contribution in [1.29, 1.82) is 0 Å². The normalized spacial score (nSPS) is 18.2. The van der Waals surface area contributed by atoms with Crippen LogP contribution in [0.2, 0.25) is 5.02 Å². The highest BCUT2D eigenvalue weighted by Crippen LogP contribution is 2.40. The van der Waals surface area contributed by atoms with Crippen LogP contribution < -0.4 is 19.3 Å². The Morgan fingerprint density at radius 2 is 1.66 bits per heavy atom. The highest BCUT2D eigenvalue weighted by molar-refractivity contribution is 6.52. The zero-order valence-electron chi connectivity index (χ0n) is 17.0. The lowest BCUT2D eigenvalue weighted by molar-refractivity contribution is -0.384. The Bertz CT molecular complexity index is 1130. The third kappa shape index (κ3) is 3.51. The van der Waals surface area contributed by atoms with Gasteiger partial charge in [-0.05, 0) is 18.2 Å². The molecule has 2 aromatic carbocycles. The molecule has 1 fully saturated rings. The molecule has 11 heteroatoms. The van der Waals surface area contributed by atoms with Crippen LogP contribution in [0.25, 0.3) is 0 Å². The lowest BCUT2D eigenvalue weighted by Gasteiger charge is -2.37. The Hall–Kier alpha value is -3.37. The molecule has 0 atom stereocenters. The van der Waals surface area contributed by atoms with E-state index >= 15 is 0 Å². The van der Waals surface area contributed by atoms with Gasteiger partial charge in [0, 0.05) is 43.3 Å². The first-order valence-corrected chi connectivity index (χ1v) is 10.5. The molecule has 0 aromatic heterocycles. The minimum absolute atomic E-state index is 0.0350. The maximum atomic E-state index is 12.7. The molecule has 1 amide bonds. The summed E-state index contributed by atoms with van der Waals surface area (Å²) < 4.78 is 11.1. The molecule has 3 heterocycles. The van der Waals surface area contributed by atoms with Gasteiger partial charge < -0.3 is 14.4 Å². The molecular weight excluding hydrogens is 440 g/mol. The van der Waals surface area contributed by atoms with Crippen LogP contribution in [0.4, 0.5) is 17.1 Å². The zero-order chi connectivity index (χ0) is 22.4. The van der Waals surface area contributed by atoms with Gasteiger partial charge in [-0.15, -0.1) is 0 Å². The lowest BCUT2D eigenvalue weighted by Crippen LogP contribution is -2.51. The number of hydrogen-bond donors (Lipinski definition) is 0. The van der Waals surface area contributed by atoms with Crippen LogP contribution in [0.15, 0.2) is 30.3 Å². The number of halogens is 1. The van der Waals surface area contributed by atoms with Crippen LogP contribution in [0.1, 0.15) is 10.4 Å². The van der Waals surface area contributed by atoms with E-state index in [1.165, 1.54) is 11.0 Å². The molecule has 0 spiro atoms. The Morgan fingerprint density at radius 1 is 0.969 bits per heavy atom. The van der Waals surface area contributed by atoms with Crippen molar-refractivity contribution < 1.29 is 24.0 Å². The monoisotopic (exact) mass is 458 g/mol. The SMILES string of the molecule is O=C1C(=O)N(CN2CCN(c3ccc(Cl)cc3[N+](=O)[O-])CC2)c2cc3c(cc21)OCCO3. The second kappa shape index (κ2) is 7.95. The number of anilines is 2. The first-order valence-electron chi connectivity index (χ1n) is 10.1. The standard InChI is InChI=1S/C21H19ClN4O6/c22-13-1-2-15(17(9-13)26(29)30)24-5-3-23(4-6-24)12-25-16-11-19-18(31-7-8-32-19)10-14(16)20(27)21(25)28/h1-2,9-11H,3-8,12H2. The maximum Gasteiger partial charge on any atom is 0.300 e. The highest BCUT2D eigenvalue weighted by Gasteiger charge is 2.39. The number of ether oxygens (including phenoxy) is 2.